The Balaban J connectivity index is 0.00000162. The smallest absolute Gasteiger partial charge is 0.227 e. The van der Waals surface area contributed by atoms with Crippen molar-refractivity contribution in [2.75, 3.05) is 25.5 Å². The molecule has 4 nitrogen and oxygen atoms in total. The summed E-state index contributed by atoms with van der Waals surface area (Å²) in [6.45, 7) is 3.97. The number of morpholine rings is 1. The molecule has 2 rings (SSSR count). The summed E-state index contributed by atoms with van der Waals surface area (Å²) in [5, 5.41) is 0. The van der Waals surface area contributed by atoms with Crippen LogP contribution in [0.4, 0.5) is 5.69 Å². The molecule has 5 heteroatoms. The topological polar surface area (TPSA) is 55.6 Å². The molecule has 1 aromatic rings. The number of benzene rings is 1. The minimum atomic E-state index is 0. The monoisotopic (exact) mass is 270 g/mol. The third kappa shape index (κ3) is 3.62. The molecule has 1 atom stereocenters. The number of hydrogen-bond donors (Lipinski definition) is 1. The number of nitrogens with two attached hydrogens (primary N) is 1. The molecule has 0 aliphatic carbocycles. The highest BCUT2D eigenvalue weighted by Crippen LogP contribution is 2.11. The first-order chi connectivity index (χ1) is 8.16. The lowest BCUT2D eigenvalue weighted by Crippen LogP contribution is -2.47. The van der Waals surface area contributed by atoms with Crippen molar-refractivity contribution in [3.63, 3.8) is 0 Å². The number of carbonyl (C=O) groups is 1. The zero-order valence-corrected chi connectivity index (χ0v) is 11.3. The Morgan fingerprint density at radius 2 is 2.11 bits per heavy atom. The third-order valence-corrected chi connectivity index (χ3v) is 3.02. The molecule has 0 bridgehead atoms. The fraction of sp³-hybridized carbons (Fsp3) is 0.462. The van der Waals surface area contributed by atoms with Crippen molar-refractivity contribution in [2.45, 2.75) is 19.4 Å². The van der Waals surface area contributed by atoms with E-state index in [9.17, 15) is 4.79 Å². The van der Waals surface area contributed by atoms with Gasteiger partial charge in [-0.25, -0.2) is 0 Å². The molecule has 0 spiro atoms. The molecular formula is C13H19ClN2O2. The highest BCUT2D eigenvalue weighted by molar-refractivity contribution is 5.85. The maximum absolute atomic E-state index is 12.1. The van der Waals surface area contributed by atoms with Gasteiger partial charge < -0.3 is 15.4 Å². The van der Waals surface area contributed by atoms with Gasteiger partial charge in [-0.05, 0) is 24.6 Å². The van der Waals surface area contributed by atoms with E-state index in [0.29, 0.717) is 26.2 Å². The summed E-state index contributed by atoms with van der Waals surface area (Å²) in [6, 6.07) is 7.62. The second-order valence-corrected chi connectivity index (χ2v) is 4.43. The summed E-state index contributed by atoms with van der Waals surface area (Å²) in [7, 11) is 0. The number of halogens is 1. The molecule has 1 aliphatic heterocycles. The number of hydrogen-bond acceptors (Lipinski definition) is 3. The van der Waals surface area contributed by atoms with Gasteiger partial charge in [-0.1, -0.05) is 12.1 Å². The van der Waals surface area contributed by atoms with Crippen LogP contribution in [0.15, 0.2) is 24.3 Å². The second kappa shape index (κ2) is 6.61. The first kappa shape index (κ1) is 14.8. The fourth-order valence-corrected chi connectivity index (χ4v) is 2.01. The van der Waals surface area contributed by atoms with Crippen molar-refractivity contribution in [1.82, 2.24) is 4.90 Å². The van der Waals surface area contributed by atoms with Crippen molar-refractivity contribution in [3.8, 4) is 0 Å². The predicted molar refractivity (Wildman–Crippen MR) is 73.8 cm³/mol. The fourth-order valence-electron chi connectivity index (χ4n) is 2.01. The molecular weight excluding hydrogens is 252 g/mol. The van der Waals surface area contributed by atoms with Gasteiger partial charge in [-0.15, -0.1) is 12.4 Å². The van der Waals surface area contributed by atoms with Crippen LogP contribution < -0.4 is 5.73 Å². The molecule has 2 N–H and O–H groups in total. The second-order valence-electron chi connectivity index (χ2n) is 4.43. The van der Waals surface area contributed by atoms with Crippen LogP contribution in [0.1, 0.15) is 12.5 Å². The van der Waals surface area contributed by atoms with Crippen LogP contribution in [-0.2, 0) is 16.0 Å². The van der Waals surface area contributed by atoms with Gasteiger partial charge in [0.2, 0.25) is 5.91 Å². The predicted octanol–water partition coefficient (Wildman–Crippen LogP) is 1.48. The van der Waals surface area contributed by atoms with Crippen LogP contribution in [0.3, 0.4) is 0 Å². The number of anilines is 1. The molecule has 1 saturated heterocycles. The van der Waals surface area contributed by atoms with Gasteiger partial charge in [0.25, 0.3) is 0 Å². The van der Waals surface area contributed by atoms with E-state index in [0.717, 1.165) is 11.3 Å². The number of amides is 1. The molecule has 100 valence electrons. The van der Waals surface area contributed by atoms with E-state index in [4.69, 9.17) is 10.5 Å². The zero-order chi connectivity index (χ0) is 12.3. The Labute approximate surface area is 114 Å². The van der Waals surface area contributed by atoms with E-state index in [-0.39, 0.29) is 24.4 Å². The van der Waals surface area contributed by atoms with Crippen LogP contribution in [0.5, 0.6) is 0 Å². The van der Waals surface area contributed by atoms with E-state index >= 15 is 0 Å². The highest BCUT2D eigenvalue weighted by Gasteiger charge is 2.23. The van der Waals surface area contributed by atoms with Gasteiger partial charge in [0.1, 0.15) is 0 Å². The Morgan fingerprint density at radius 3 is 2.72 bits per heavy atom. The minimum absolute atomic E-state index is 0. The van der Waals surface area contributed by atoms with Crippen LogP contribution >= 0.6 is 12.4 Å². The molecule has 1 aromatic carbocycles. The molecule has 18 heavy (non-hydrogen) atoms. The average molecular weight is 271 g/mol. The highest BCUT2D eigenvalue weighted by atomic mass is 35.5. The van der Waals surface area contributed by atoms with Crippen molar-refractivity contribution >= 4 is 24.0 Å². The summed E-state index contributed by atoms with van der Waals surface area (Å²) >= 11 is 0. The summed E-state index contributed by atoms with van der Waals surface area (Å²) in [6.07, 6.45) is 0.435. The van der Waals surface area contributed by atoms with Crippen LogP contribution in [0.2, 0.25) is 0 Å². The first-order valence-corrected chi connectivity index (χ1v) is 5.88. The molecule has 0 aromatic heterocycles. The molecule has 0 radical (unpaired) electrons. The zero-order valence-electron chi connectivity index (χ0n) is 10.5. The lowest BCUT2D eigenvalue weighted by atomic mass is 10.1. The van der Waals surface area contributed by atoms with Crippen LogP contribution in [0, 0.1) is 0 Å². The SMILES string of the molecule is CC1COCCN1C(=O)Cc1ccc(N)cc1.Cl. The number of carbonyl (C=O) groups excluding carboxylic acids is 1. The first-order valence-electron chi connectivity index (χ1n) is 5.88. The van der Waals surface area contributed by atoms with E-state index in [1.807, 2.05) is 36.1 Å². The van der Waals surface area contributed by atoms with Crippen LogP contribution in [-0.4, -0.2) is 36.6 Å². The van der Waals surface area contributed by atoms with Crippen molar-refractivity contribution in [2.24, 2.45) is 0 Å². The molecule has 1 unspecified atom stereocenters. The normalized spacial score (nSPS) is 19.2. The number of rotatable bonds is 2. The van der Waals surface area contributed by atoms with Gasteiger partial charge in [0.15, 0.2) is 0 Å². The lowest BCUT2D eigenvalue weighted by molar-refractivity contribution is -0.138. The molecule has 1 aliphatic rings. The number of nitrogens with zero attached hydrogens (tertiary/aromatic N) is 1. The Morgan fingerprint density at radius 1 is 1.44 bits per heavy atom. The minimum Gasteiger partial charge on any atom is -0.399 e. The van der Waals surface area contributed by atoms with Gasteiger partial charge >= 0.3 is 0 Å². The summed E-state index contributed by atoms with van der Waals surface area (Å²) in [5.41, 5.74) is 7.34. The summed E-state index contributed by atoms with van der Waals surface area (Å²) < 4.78 is 5.32. The average Bonchev–Trinajstić information content (AvgIpc) is 2.32. The molecule has 0 saturated carbocycles. The van der Waals surface area contributed by atoms with Crippen molar-refractivity contribution < 1.29 is 9.53 Å². The maximum atomic E-state index is 12.1. The van der Waals surface area contributed by atoms with E-state index in [2.05, 4.69) is 0 Å². The molecule has 1 heterocycles. The van der Waals surface area contributed by atoms with Crippen molar-refractivity contribution in [3.05, 3.63) is 29.8 Å². The van der Waals surface area contributed by atoms with E-state index in [1.54, 1.807) is 0 Å². The van der Waals surface area contributed by atoms with Gasteiger partial charge in [0.05, 0.1) is 25.7 Å². The number of ether oxygens (including phenoxy) is 1. The van der Waals surface area contributed by atoms with Crippen LogP contribution in [0.25, 0.3) is 0 Å². The Bertz CT molecular complexity index is 394. The van der Waals surface area contributed by atoms with Crippen molar-refractivity contribution in [1.29, 1.82) is 0 Å². The van der Waals surface area contributed by atoms with Gasteiger partial charge in [0, 0.05) is 12.2 Å². The van der Waals surface area contributed by atoms with E-state index in [1.165, 1.54) is 0 Å². The lowest BCUT2D eigenvalue weighted by Gasteiger charge is -2.33. The maximum Gasteiger partial charge on any atom is 0.227 e. The standard InChI is InChI=1S/C13H18N2O2.ClH/c1-10-9-17-7-6-15(10)13(16)8-11-2-4-12(14)5-3-11;/h2-5,10H,6-9,14H2,1H3;1H. The molecule has 1 amide bonds. The van der Waals surface area contributed by atoms with E-state index < -0.39 is 0 Å². The third-order valence-electron chi connectivity index (χ3n) is 3.02. The summed E-state index contributed by atoms with van der Waals surface area (Å²) in [5.74, 6) is 0.158. The molecule has 1 fully saturated rings. The quantitative estimate of drug-likeness (QED) is 0.829. The van der Waals surface area contributed by atoms with Gasteiger partial charge in [-0.3, -0.25) is 4.79 Å². The summed E-state index contributed by atoms with van der Waals surface area (Å²) in [4.78, 5) is 14.0. The Hall–Kier alpha value is -1.26. The largest absolute Gasteiger partial charge is 0.399 e. The van der Waals surface area contributed by atoms with Gasteiger partial charge in [-0.2, -0.15) is 0 Å². The Kier molecular flexibility index (Phi) is 5.44. The number of nitrogen functional groups attached to an aromatic ring is 1.